The van der Waals surface area contributed by atoms with E-state index in [1.165, 1.54) is 18.3 Å². The zero-order valence-electron chi connectivity index (χ0n) is 25.3. The number of para-hydroxylation sites is 2. The van der Waals surface area contributed by atoms with E-state index in [0.717, 1.165) is 26.4 Å². The van der Waals surface area contributed by atoms with Crippen LogP contribution in [0.2, 0.25) is 0 Å². The number of alkyl halides is 3. The van der Waals surface area contributed by atoms with Crippen molar-refractivity contribution in [3.63, 3.8) is 0 Å². The molecule has 0 saturated heterocycles. The van der Waals surface area contributed by atoms with Gasteiger partial charge in [0.2, 0.25) is 5.95 Å². The number of rotatable bonds is 7. The highest BCUT2D eigenvalue weighted by molar-refractivity contribution is 7.90. The summed E-state index contributed by atoms with van der Waals surface area (Å²) in [7, 11) is -0.0253. The van der Waals surface area contributed by atoms with Gasteiger partial charge in [0, 0.05) is 42.4 Å². The molecule has 0 aliphatic heterocycles. The predicted molar refractivity (Wildman–Crippen MR) is 176 cm³/mol. The number of carbonyl (C=O) groups excluding carboxylic acids is 1. The summed E-state index contributed by atoms with van der Waals surface area (Å²) in [5.74, 6) is -1.92. The minimum Gasteiger partial charge on any atom is -0.475 e. The molecule has 3 N–H and O–H groups in total. The van der Waals surface area contributed by atoms with Gasteiger partial charge >= 0.3 is 12.1 Å². The summed E-state index contributed by atoms with van der Waals surface area (Å²) in [4.78, 5) is 33.6. The maximum absolute atomic E-state index is 13.4. The van der Waals surface area contributed by atoms with Gasteiger partial charge in [0.05, 0.1) is 21.5 Å². The molecule has 6 aromatic rings. The van der Waals surface area contributed by atoms with Crippen LogP contribution >= 0.6 is 0 Å². The first kappa shape index (κ1) is 33.4. The van der Waals surface area contributed by atoms with Crippen molar-refractivity contribution in [3.05, 3.63) is 115 Å². The Bertz CT molecular complexity index is 2220. The lowest BCUT2D eigenvalue weighted by Crippen LogP contribution is -2.21. The predicted octanol–water partition coefficient (Wildman–Crippen LogP) is 6.52. The summed E-state index contributed by atoms with van der Waals surface area (Å²) in [6, 6.07) is 30.0. The van der Waals surface area contributed by atoms with Crippen LogP contribution in [0.4, 0.5) is 36.3 Å². The van der Waals surface area contributed by atoms with E-state index >= 15 is 0 Å². The second kappa shape index (κ2) is 13.4. The monoisotopic (exact) mass is 676 g/mol. The molecule has 0 bridgehead atoms. The van der Waals surface area contributed by atoms with Crippen LogP contribution in [0.1, 0.15) is 10.4 Å². The molecule has 0 spiro atoms. The first-order chi connectivity index (χ1) is 22.8. The smallest absolute Gasteiger partial charge is 0.475 e. The highest BCUT2D eigenvalue weighted by Crippen LogP contribution is 2.28. The molecule has 0 unspecified atom stereocenters. The number of aliphatic carboxylic acids is 1. The Labute approximate surface area is 272 Å². The summed E-state index contributed by atoms with van der Waals surface area (Å²) < 4.78 is 59.6. The number of aromatic nitrogens is 3. The number of nitrogens with zero attached hydrogens (tertiary/aromatic N) is 4. The molecule has 0 fully saturated rings. The van der Waals surface area contributed by atoms with Crippen LogP contribution in [0.25, 0.3) is 21.8 Å². The largest absolute Gasteiger partial charge is 0.490 e. The van der Waals surface area contributed by atoms with Crippen molar-refractivity contribution in [2.75, 3.05) is 29.6 Å². The average molecular weight is 677 g/mol. The molecule has 48 heavy (non-hydrogen) atoms. The maximum atomic E-state index is 13.4. The molecule has 2 aromatic heterocycles. The van der Waals surface area contributed by atoms with Crippen molar-refractivity contribution in [1.29, 1.82) is 0 Å². The van der Waals surface area contributed by atoms with E-state index in [1.807, 2.05) is 55.4 Å². The zero-order chi connectivity index (χ0) is 34.6. The number of anilines is 4. The first-order valence-corrected chi connectivity index (χ1v) is 15.5. The van der Waals surface area contributed by atoms with Gasteiger partial charge in [-0.3, -0.25) is 4.79 Å². The summed E-state index contributed by atoms with van der Waals surface area (Å²) in [5.41, 5.74) is 2.80. The molecule has 246 valence electrons. The Hall–Kier alpha value is -5.96. The van der Waals surface area contributed by atoms with Crippen LogP contribution in [0.15, 0.2) is 114 Å². The molecule has 0 radical (unpaired) electrons. The van der Waals surface area contributed by atoms with Gasteiger partial charge in [-0.25, -0.2) is 22.2 Å². The lowest BCUT2D eigenvalue weighted by molar-refractivity contribution is -0.192. The SMILES string of the molecule is CN(C)c1nc(Nc2ccc(NC(=O)c3cn(S(=O)(=O)c4ccccc4)c4ccccc34)cc2)nc2ccccc12.O=C(O)C(F)(F)F. The zero-order valence-corrected chi connectivity index (χ0v) is 26.1. The van der Waals surface area contributed by atoms with Crippen molar-refractivity contribution in [2.24, 2.45) is 0 Å². The quantitative estimate of drug-likeness (QED) is 0.172. The van der Waals surface area contributed by atoms with Crippen molar-refractivity contribution >= 4 is 66.8 Å². The van der Waals surface area contributed by atoms with E-state index in [9.17, 15) is 26.4 Å². The summed E-state index contributed by atoms with van der Waals surface area (Å²) >= 11 is 0. The first-order valence-electron chi connectivity index (χ1n) is 14.1. The minimum absolute atomic E-state index is 0.142. The van der Waals surface area contributed by atoms with E-state index in [1.54, 1.807) is 54.6 Å². The molecule has 0 aliphatic carbocycles. The van der Waals surface area contributed by atoms with Crippen LogP contribution in [-0.4, -0.2) is 59.6 Å². The number of benzene rings is 4. The van der Waals surface area contributed by atoms with Gasteiger partial charge in [0.15, 0.2) is 0 Å². The second-order valence-electron chi connectivity index (χ2n) is 10.4. The van der Waals surface area contributed by atoms with Crippen LogP contribution in [0.5, 0.6) is 0 Å². The normalized spacial score (nSPS) is 11.4. The van der Waals surface area contributed by atoms with Crippen LogP contribution in [0, 0.1) is 0 Å². The highest BCUT2D eigenvalue weighted by Gasteiger charge is 2.38. The van der Waals surface area contributed by atoms with E-state index in [2.05, 4.69) is 20.6 Å². The molecule has 4 aromatic carbocycles. The minimum atomic E-state index is -5.08. The van der Waals surface area contributed by atoms with Gasteiger partial charge < -0.3 is 20.6 Å². The molecule has 15 heteroatoms. The number of hydrogen-bond acceptors (Lipinski definition) is 8. The van der Waals surface area contributed by atoms with Crippen molar-refractivity contribution in [2.45, 2.75) is 11.1 Å². The molecule has 11 nitrogen and oxygen atoms in total. The van der Waals surface area contributed by atoms with E-state index in [0.29, 0.717) is 22.5 Å². The number of nitrogens with one attached hydrogen (secondary N) is 2. The lowest BCUT2D eigenvalue weighted by atomic mass is 10.1. The topological polar surface area (TPSA) is 147 Å². The third-order valence-electron chi connectivity index (χ3n) is 6.87. The van der Waals surface area contributed by atoms with Crippen molar-refractivity contribution in [3.8, 4) is 0 Å². The summed E-state index contributed by atoms with van der Waals surface area (Å²) in [6.45, 7) is 0. The van der Waals surface area contributed by atoms with E-state index < -0.39 is 28.1 Å². The number of halogens is 3. The Balaban J connectivity index is 0.000000582. The van der Waals surface area contributed by atoms with E-state index in [4.69, 9.17) is 9.90 Å². The standard InChI is InChI=1S/C31H26N6O3S.C2HF3O2/c1-36(2)29-25-13-6-8-14-27(25)34-31(35-29)33-22-18-16-21(17-19-22)32-30(38)26-20-37(28-15-9-7-12-24(26)28)41(39,40)23-10-4-3-5-11-23;3-2(4,5)1(6)7/h3-20H,1-2H3,(H,32,38)(H,33,34,35);(H,6,7). The summed E-state index contributed by atoms with van der Waals surface area (Å²) in [6.07, 6.45) is -3.71. The van der Waals surface area contributed by atoms with Gasteiger partial charge in [0.25, 0.3) is 15.9 Å². The molecule has 6 rings (SSSR count). The average Bonchev–Trinajstić information content (AvgIpc) is 3.46. The molecule has 0 aliphatic rings. The summed E-state index contributed by atoms with van der Waals surface area (Å²) in [5, 5.41) is 14.7. The van der Waals surface area contributed by atoms with Gasteiger partial charge in [0.1, 0.15) is 5.82 Å². The van der Waals surface area contributed by atoms with Gasteiger partial charge in [-0.1, -0.05) is 48.5 Å². The van der Waals surface area contributed by atoms with Gasteiger partial charge in [-0.05, 0) is 54.6 Å². The molecule has 0 saturated carbocycles. The fourth-order valence-corrected chi connectivity index (χ4v) is 6.05. The van der Waals surface area contributed by atoms with Gasteiger partial charge in [-0.15, -0.1) is 0 Å². The Morgan fingerprint density at radius 2 is 1.35 bits per heavy atom. The number of carbonyl (C=O) groups is 2. The Morgan fingerprint density at radius 3 is 1.98 bits per heavy atom. The molecule has 0 atom stereocenters. The number of carboxylic acid groups (broad SMARTS) is 1. The molecule has 2 heterocycles. The number of fused-ring (bicyclic) bond motifs is 2. The number of hydrogen-bond donors (Lipinski definition) is 3. The maximum Gasteiger partial charge on any atom is 0.490 e. The molecular formula is C33H27F3N6O5S. The second-order valence-corrected chi connectivity index (χ2v) is 12.2. The molecule has 1 amide bonds. The van der Waals surface area contributed by atoms with Crippen LogP contribution < -0.4 is 15.5 Å². The fourth-order valence-electron chi connectivity index (χ4n) is 4.66. The number of amides is 1. The van der Waals surface area contributed by atoms with Gasteiger partial charge in [-0.2, -0.15) is 18.2 Å². The number of carboxylic acids is 1. The lowest BCUT2D eigenvalue weighted by Gasteiger charge is -2.16. The Morgan fingerprint density at radius 1 is 0.792 bits per heavy atom. The van der Waals surface area contributed by atoms with Crippen molar-refractivity contribution < 1.29 is 36.3 Å². The Kier molecular flexibility index (Phi) is 9.33. The van der Waals surface area contributed by atoms with Crippen LogP contribution in [-0.2, 0) is 14.8 Å². The fraction of sp³-hybridized carbons (Fsp3) is 0.0909. The third-order valence-corrected chi connectivity index (χ3v) is 8.56. The van der Waals surface area contributed by atoms with Crippen LogP contribution in [0.3, 0.4) is 0 Å². The third kappa shape index (κ3) is 7.20. The highest BCUT2D eigenvalue weighted by atomic mass is 32.2. The van der Waals surface area contributed by atoms with Crippen molar-refractivity contribution in [1.82, 2.24) is 13.9 Å². The molecular weight excluding hydrogens is 649 g/mol. The van der Waals surface area contributed by atoms with E-state index in [-0.39, 0.29) is 10.5 Å².